The van der Waals surface area contributed by atoms with Crippen LogP contribution in [0.1, 0.15) is 6.92 Å². The van der Waals surface area contributed by atoms with Gasteiger partial charge in [-0.2, -0.15) is 0 Å². The van der Waals surface area contributed by atoms with Crippen molar-refractivity contribution in [3.8, 4) is 0 Å². The molecule has 1 N–H and O–H groups in total. The molecular weight excluding hydrogens is 292 g/mol. The minimum absolute atomic E-state index is 0.435. The van der Waals surface area contributed by atoms with Crippen LogP contribution in [0.2, 0.25) is 0 Å². The van der Waals surface area contributed by atoms with Crippen LogP contribution in [-0.4, -0.2) is 60.6 Å². The third-order valence-corrected chi connectivity index (χ3v) is 3.68. The van der Waals surface area contributed by atoms with Gasteiger partial charge in [-0.25, -0.2) is 0 Å². The summed E-state index contributed by atoms with van der Waals surface area (Å²) in [5.74, 6) is 0. The Labute approximate surface area is 118 Å². The van der Waals surface area contributed by atoms with E-state index in [1.807, 2.05) is 6.20 Å². The molecule has 5 heteroatoms. The summed E-state index contributed by atoms with van der Waals surface area (Å²) < 4.78 is 1.01. The van der Waals surface area contributed by atoms with Crippen molar-refractivity contribution in [2.24, 2.45) is 0 Å². The van der Waals surface area contributed by atoms with E-state index in [1.54, 1.807) is 6.20 Å². The van der Waals surface area contributed by atoms with Gasteiger partial charge in [-0.1, -0.05) is 0 Å². The highest BCUT2D eigenvalue weighted by atomic mass is 79.9. The summed E-state index contributed by atoms with van der Waals surface area (Å²) in [6.45, 7) is 7.98. The predicted molar refractivity (Wildman–Crippen MR) is 79.0 cm³/mol. The number of pyridine rings is 1. The zero-order chi connectivity index (χ0) is 13.0. The molecular formula is C13H21BrN4. The van der Waals surface area contributed by atoms with Crippen molar-refractivity contribution in [3.05, 3.63) is 22.9 Å². The van der Waals surface area contributed by atoms with Gasteiger partial charge in [0.1, 0.15) is 0 Å². The molecule has 1 aromatic rings. The standard InChI is InChI=1S/C13H21BrN4/c1-11(10-18-5-3-17(2)4-6-18)16-13-7-12(14)8-15-9-13/h7-9,11,16H,3-6,10H2,1-2H3. The second-order valence-corrected chi connectivity index (χ2v) is 5.96. The fourth-order valence-corrected chi connectivity index (χ4v) is 2.60. The van der Waals surface area contributed by atoms with Crippen LogP contribution in [0.4, 0.5) is 5.69 Å². The molecule has 0 aliphatic carbocycles. The minimum Gasteiger partial charge on any atom is -0.380 e. The van der Waals surface area contributed by atoms with E-state index < -0.39 is 0 Å². The van der Waals surface area contributed by atoms with Crippen molar-refractivity contribution in [2.75, 3.05) is 45.1 Å². The number of piperazine rings is 1. The van der Waals surface area contributed by atoms with Crippen molar-refractivity contribution in [1.82, 2.24) is 14.8 Å². The lowest BCUT2D eigenvalue weighted by Gasteiger charge is -2.34. The zero-order valence-corrected chi connectivity index (χ0v) is 12.7. The highest BCUT2D eigenvalue weighted by Crippen LogP contribution is 2.14. The largest absolute Gasteiger partial charge is 0.380 e. The van der Waals surface area contributed by atoms with Gasteiger partial charge in [0.15, 0.2) is 0 Å². The van der Waals surface area contributed by atoms with Crippen LogP contribution in [0, 0.1) is 0 Å². The molecule has 4 nitrogen and oxygen atoms in total. The van der Waals surface area contributed by atoms with Crippen LogP contribution in [-0.2, 0) is 0 Å². The van der Waals surface area contributed by atoms with Gasteiger partial charge in [-0.15, -0.1) is 0 Å². The minimum atomic E-state index is 0.435. The summed E-state index contributed by atoms with van der Waals surface area (Å²) in [5, 5.41) is 3.49. The maximum absolute atomic E-state index is 4.16. The molecule has 0 bridgehead atoms. The van der Waals surface area contributed by atoms with E-state index in [4.69, 9.17) is 0 Å². The topological polar surface area (TPSA) is 31.4 Å². The van der Waals surface area contributed by atoms with Gasteiger partial charge in [-0.05, 0) is 36.0 Å². The average Bonchev–Trinajstić information content (AvgIpc) is 2.32. The molecule has 0 saturated carbocycles. The van der Waals surface area contributed by atoms with Crippen LogP contribution in [0.3, 0.4) is 0 Å². The quantitative estimate of drug-likeness (QED) is 0.920. The molecule has 1 aromatic heterocycles. The average molecular weight is 313 g/mol. The second kappa shape index (κ2) is 6.50. The van der Waals surface area contributed by atoms with Crippen molar-refractivity contribution in [2.45, 2.75) is 13.0 Å². The van der Waals surface area contributed by atoms with Crippen LogP contribution in [0.5, 0.6) is 0 Å². The number of anilines is 1. The monoisotopic (exact) mass is 312 g/mol. The SMILES string of the molecule is CC(CN1CCN(C)CC1)Nc1cncc(Br)c1. The lowest BCUT2D eigenvalue weighted by molar-refractivity contribution is 0.151. The lowest BCUT2D eigenvalue weighted by Crippen LogP contribution is -2.47. The second-order valence-electron chi connectivity index (χ2n) is 5.04. The molecule has 0 radical (unpaired) electrons. The normalized spacial score (nSPS) is 19.7. The van der Waals surface area contributed by atoms with E-state index in [-0.39, 0.29) is 0 Å². The molecule has 1 saturated heterocycles. The molecule has 1 atom stereocenters. The molecule has 1 aliphatic heterocycles. The number of likely N-dealkylation sites (N-methyl/N-ethyl adjacent to an activating group) is 1. The molecule has 2 rings (SSSR count). The molecule has 0 spiro atoms. The number of rotatable bonds is 4. The Morgan fingerprint density at radius 1 is 1.33 bits per heavy atom. The van der Waals surface area contributed by atoms with Crippen LogP contribution in [0.25, 0.3) is 0 Å². The fourth-order valence-electron chi connectivity index (χ4n) is 2.24. The summed E-state index contributed by atoms with van der Waals surface area (Å²) in [5.41, 5.74) is 1.08. The highest BCUT2D eigenvalue weighted by Gasteiger charge is 2.15. The third-order valence-electron chi connectivity index (χ3n) is 3.25. The van der Waals surface area contributed by atoms with Crippen molar-refractivity contribution in [1.29, 1.82) is 0 Å². The van der Waals surface area contributed by atoms with E-state index in [9.17, 15) is 0 Å². The number of aromatic nitrogens is 1. The van der Waals surface area contributed by atoms with Gasteiger partial charge in [0.25, 0.3) is 0 Å². The Bertz CT molecular complexity index is 377. The Morgan fingerprint density at radius 2 is 2.06 bits per heavy atom. The first kappa shape index (κ1) is 13.8. The molecule has 2 heterocycles. The summed E-state index contributed by atoms with van der Waals surface area (Å²) in [6.07, 6.45) is 3.67. The maximum atomic E-state index is 4.16. The number of hydrogen-bond acceptors (Lipinski definition) is 4. The summed E-state index contributed by atoms with van der Waals surface area (Å²) in [4.78, 5) is 9.06. The van der Waals surface area contributed by atoms with Crippen molar-refractivity contribution in [3.63, 3.8) is 0 Å². The molecule has 100 valence electrons. The van der Waals surface area contributed by atoms with Crippen molar-refractivity contribution < 1.29 is 0 Å². The van der Waals surface area contributed by atoms with E-state index in [2.05, 4.69) is 56.1 Å². The number of nitrogens with zero attached hydrogens (tertiary/aromatic N) is 3. The summed E-state index contributed by atoms with van der Waals surface area (Å²) in [6, 6.07) is 2.50. The molecule has 1 unspecified atom stereocenters. The van der Waals surface area contributed by atoms with E-state index >= 15 is 0 Å². The molecule has 1 fully saturated rings. The Hall–Kier alpha value is -0.650. The zero-order valence-electron chi connectivity index (χ0n) is 11.1. The van der Waals surface area contributed by atoms with Gasteiger partial charge < -0.3 is 10.2 Å². The van der Waals surface area contributed by atoms with Crippen molar-refractivity contribution >= 4 is 21.6 Å². The summed E-state index contributed by atoms with van der Waals surface area (Å²) in [7, 11) is 2.19. The summed E-state index contributed by atoms with van der Waals surface area (Å²) >= 11 is 3.44. The molecule has 0 aromatic carbocycles. The Kier molecular flexibility index (Phi) is 4.97. The molecule has 0 amide bonds. The van der Waals surface area contributed by atoms with Gasteiger partial charge >= 0.3 is 0 Å². The van der Waals surface area contributed by atoms with E-state index in [1.165, 1.54) is 26.2 Å². The van der Waals surface area contributed by atoms with Gasteiger partial charge in [-0.3, -0.25) is 9.88 Å². The van der Waals surface area contributed by atoms with Gasteiger partial charge in [0, 0.05) is 49.4 Å². The number of hydrogen-bond donors (Lipinski definition) is 1. The van der Waals surface area contributed by atoms with Gasteiger partial charge in [0.2, 0.25) is 0 Å². The van der Waals surface area contributed by atoms with Crippen LogP contribution < -0.4 is 5.32 Å². The molecule has 1 aliphatic rings. The highest BCUT2D eigenvalue weighted by molar-refractivity contribution is 9.10. The first-order valence-electron chi connectivity index (χ1n) is 6.41. The fraction of sp³-hybridized carbons (Fsp3) is 0.615. The molecule has 18 heavy (non-hydrogen) atoms. The first-order chi connectivity index (χ1) is 8.63. The predicted octanol–water partition coefficient (Wildman–Crippen LogP) is 1.89. The first-order valence-corrected chi connectivity index (χ1v) is 7.21. The third kappa shape index (κ3) is 4.23. The Balaban J connectivity index is 1.80. The number of nitrogens with one attached hydrogen (secondary N) is 1. The van der Waals surface area contributed by atoms with E-state index in [0.29, 0.717) is 6.04 Å². The smallest absolute Gasteiger partial charge is 0.0540 e. The van der Waals surface area contributed by atoms with E-state index in [0.717, 1.165) is 16.7 Å². The maximum Gasteiger partial charge on any atom is 0.0540 e. The number of halogens is 1. The van der Waals surface area contributed by atoms with Crippen LogP contribution in [0.15, 0.2) is 22.9 Å². The van der Waals surface area contributed by atoms with Crippen LogP contribution >= 0.6 is 15.9 Å². The Morgan fingerprint density at radius 3 is 2.72 bits per heavy atom. The van der Waals surface area contributed by atoms with Gasteiger partial charge in [0.05, 0.1) is 11.9 Å². The lowest BCUT2D eigenvalue weighted by atomic mass is 10.2.